The lowest BCUT2D eigenvalue weighted by atomic mass is 9.90. The molecule has 5 nitrogen and oxygen atoms in total. The summed E-state index contributed by atoms with van der Waals surface area (Å²) < 4.78 is 5.54. The summed E-state index contributed by atoms with van der Waals surface area (Å²) in [5.74, 6) is -1.18. The molecule has 3 aromatic rings. The number of aryl methyl sites for hydroxylation is 1. The van der Waals surface area contributed by atoms with Crippen LogP contribution in [0.1, 0.15) is 31.0 Å². The molecule has 1 aliphatic rings. The number of ether oxygens (including phenoxy) is 1. The number of hydrogen-bond donors (Lipinski definition) is 1. The van der Waals surface area contributed by atoms with Crippen molar-refractivity contribution in [2.45, 2.75) is 26.8 Å². The van der Waals surface area contributed by atoms with Crippen molar-refractivity contribution in [1.29, 1.82) is 0 Å². The Morgan fingerprint density at radius 1 is 1.16 bits per heavy atom. The standard InChI is InChI=1S/C26H25NO4S/c1-15(2)24(28)22-23(20-7-5-6-8-21(20)31-4)27(26(30)25(22)29)18-9-10-19(16(3)13-18)17-11-12-32-14-17/h5-15,23,29H,1-4H3. The first-order chi connectivity index (χ1) is 15.3. The van der Waals surface area contributed by atoms with Gasteiger partial charge in [0.1, 0.15) is 5.75 Å². The number of benzene rings is 2. The Morgan fingerprint density at radius 3 is 2.53 bits per heavy atom. The SMILES string of the molecule is COc1ccccc1C1C(C(=O)C(C)C)=C(O)C(=O)N1c1ccc(-c2ccsc2)c(C)c1. The Morgan fingerprint density at radius 2 is 1.91 bits per heavy atom. The number of carbonyl (C=O) groups excluding carboxylic acids is 2. The molecule has 1 N–H and O–H groups in total. The topological polar surface area (TPSA) is 66.8 Å². The summed E-state index contributed by atoms with van der Waals surface area (Å²) in [5.41, 5.74) is 4.55. The van der Waals surface area contributed by atoms with E-state index in [9.17, 15) is 14.7 Å². The average Bonchev–Trinajstić information content (AvgIpc) is 3.40. The molecule has 1 aliphatic heterocycles. The van der Waals surface area contributed by atoms with E-state index in [1.807, 2.05) is 48.7 Å². The predicted octanol–water partition coefficient (Wildman–Crippen LogP) is 5.86. The fourth-order valence-corrected chi connectivity index (χ4v) is 4.82. The quantitative estimate of drug-likeness (QED) is 0.514. The number of methoxy groups -OCH3 is 1. The Bertz CT molecular complexity index is 1210. The number of aliphatic hydroxyl groups excluding tert-OH is 1. The number of thiophene rings is 1. The number of ketones is 1. The highest BCUT2D eigenvalue weighted by molar-refractivity contribution is 7.08. The zero-order valence-corrected chi connectivity index (χ0v) is 19.3. The van der Waals surface area contributed by atoms with Crippen molar-refractivity contribution in [3.8, 4) is 16.9 Å². The summed E-state index contributed by atoms with van der Waals surface area (Å²) in [6, 6.07) is 14.3. The van der Waals surface area contributed by atoms with Crippen LogP contribution in [-0.4, -0.2) is 23.9 Å². The van der Waals surface area contributed by atoms with Crippen LogP contribution < -0.4 is 9.64 Å². The second kappa shape index (κ2) is 8.63. The Balaban J connectivity index is 1.88. The molecule has 0 aliphatic carbocycles. The predicted molar refractivity (Wildman–Crippen MR) is 127 cm³/mol. The summed E-state index contributed by atoms with van der Waals surface area (Å²) in [6.07, 6.45) is 0. The highest BCUT2D eigenvalue weighted by atomic mass is 32.1. The van der Waals surface area contributed by atoms with Gasteiger partial charge >= 0.3 is 0 Å². The molecule has 0 saturated heterocycles. The maximum atomic E-state index is 13.3. The third kappa shape index (κ3) is 3.60. The van der Waals surface area contributed by atoms with Crippen molar-refractivity contribution in [2.24, 2.45) is 5.92 Å². The monoisotopic (exact) mass is 447 g/mol. The molecule has 1 atom stereocenters. The molecular weight excluding hydrogens is 422 g/mol. The number of amides is 1. The molecule has 0 fully saturated rings. The number of rotatable bonds is 6. The number of hydrogen-bond acceptors (Lipinski definition) is 5. The number of aliphatic hydroxyl groups is 1. The third-order valence-electron chi connectivity index (χ3n) is 5.75. The van der Waals surface area contributed by atoms with Gasteiger partial charge in [-0.2, -0.15) is 11.3 Å². The second-order valence-corrected chi connectivity index (χ2v) is 8.89. The van der Waals surface area contributed by atoms with Gasteiger partial charge in [-0.3, -0.25) is 14.5 Å². The van der Waals surface area contributed by atoms with E-state index in [4.69, 9.17) is 4.74 Å². The zero-order chi connectivity index (χ0) is 23.0. The van der Waals surface area contributed by atoms with E-state index < -0.39 is 17.7 Å². The molecule has 1 unspecified atom stereocenters. The van der Waals surface area contributed by atoms with E-state index in [0.29, 0.717) is 17.0 Å². The van der Waals surface area contributed by atoms with Gasteiger partial charge < -0.3 is 9.84 Å². The van der Waals surface area contributed by atoms with Gasteiger partial charge in [0, 0.05) is 17.2 Å². The molecule has 1 amide bonds. The first-order valence-electron chi connectivity index (χ1n) is 10.4. The van der Waals surface area contributed by atoms with Crippen LogP contribution in [0.25, 0.3) is 11.1 Å². The van der Waals surface area contributed by atoms with Crippen molar-refractivity contribution in [3.63, 3.8) is 0 Å². The first-order valence-corrected chi connectivity index (χ1v) is 11.4. The van der Waals surface area contributed by atoms with Crippen molar-refractivity contribution in [3.05, 3.63) is 81.8 Å². The molecule has 2 aromatic carbocycles. The minimum Gasteiger partial charge on any atom is -0.503 e. The molecule has 2 heterocycles. The molecule has 0 spiro atoms. The van der Waals surface area contributed by atoms with E-state index >= 15 is 0 Å². The molecular formula is C26H25NO4S. The van der Waals surface area contributed by atoms with Crippen molar-refractivity contribution < 1.29 is 19.4 Å². The minimum absolute atomic E-state index is 0.106. The summed E-state index contributed by atoms with van der Waals surface area (Å²) in [4.78, 5) is 27.9. The van der Waals surface area contributed by atoms with Crippen molar-refractivity contribution in [1.82, 2.24) is 0 Å². The van der Waals surface area contributed by atoms with E-state index in [1.165, 1.54) is 4.90 Å². The van der Waals surface area contributed by atoms with Crippen LogP contribution in [0.2, 0.25) is 0 Å². The van der Waals surface area contributed by atoms with E-state index in [0.717, 1.165) is 16.7 Å². The van der Waals surface area contributed by atoms with Crippen molar-refractivity contribution >= 4 is 28.7 Å². The van der Waals surface area contributed by atoms with Crippen LogP contribution >= 0.6 is 11.3 Å². The molecule has 32 heavy (non-hydrogen) atoms. The zero-order valence-electron chi connectivity index (χ0n) is 18.5. The smallest absolute Gasteiger partial charge is 0.294 e. The Kier molecular flexibility index (Phi) is 5.89. The normalized spacial score (nSPS) is 16.2. The van der Waals surface area contributed by atoms with Gasteiger partial charge in [0.25, 0.3) is 5.91 Å². The molecule has 0 bridgehead atoms. The summed E-state index contributed by atoms with van der Waals surface area (Å²) in [7, 11) is 1.55. The fraction of sp³-hybridized carbons (Fsp3) is 0.231. The van der Waals surface area contributed by atoms with Gasteiger partial charge in [0.15, 0.2) is 11.5 Å². The number of carbonyl (C=O) groups is 2. The number of anilines is 1. The Hall–Kier alpha value is -3.38. The van der Waals surface area contributed by atoms with Gasteiger partial charge in [-0.25, -0.2) is 0 Å². The highest BCUT2D eigenvalue weighted by Crippen LogP contribution is 2.45. The maximum absolute atomic E-state index is 13.3. The molecule has 4 rings (SSSR count). The summed E-state index contributed by atoms with van der Waals surface area (Å²) in [6.45, 7) is 5.51. The lowest BCUT2D eigenvalue weighted by Gasteiger charge is -2.29. The summed E-state index contributed by atoms with van der Waals surface area (Å²) in [5, 5.41) is 14.9. The lowest BCUT2D eigenvalue weighted by Crippen LogP contribution is -2.31. The van der Waals surface area contributed by atoms with E-state index in [2.05, 4.69) is 11.4 Å². The lowest BCUT2D eigenvalue weighted by molar-refractivity contribution is -0.119. The van der Waals surface area contributed by atoms with Gasteiger partial charge in [-0.1, -0.05) is 38.1 Å². The average molecular weight is 448 g/mol. The van der Waals surface area contributed by atoms with Crippen LogP contribution in [0.4, 0.5) is 5.69 Å². The molecule has 0 saturated carbocycles. The molecule has 6 heteroatoms. The van der Waals surface area contributed by atoms with Gasteiger partial charge in [0.2, 0.25) is 0 Å². The molecule has 1 aromatic heterocycles. The number of para-hydroxylation sites is 1. The van der Waals surface area contributed by atoms with Crippen LogP contribution in [0, 0.1) is 12.8 Å². The van der Waals surface area contributed by atoms with E-state index in [-0.39, 0.29) is 17.3 Å². The van der Waals surface area contributed by atoms with Gasteiger partial charge in [-0.15, -0.1) is 0 Å². The van der Waals surface area contributed by atoms with Crippen LogP contribution in [0.5, 0.6) is 5.75 Å². The molecule has 164 valence electrons. The van der Waals surface area contributed by atoms with E-state index in [1.54, 1.807) is 38.4 Å². The van der Waals surface area contributed by atoms with Gasteiger partial charge in [-0.05, 0) is 58.6 Å². The Labute approximate surface area is 191 Å². The first kappa shape index (κ1) is 21.8. The fourth-order valence-electron chi connectivity index (χ4n) is 4.16. The largest absolute Gasteiger partial charge is 0.503 e. The second-order valence-electron chi connectivity index (χ2n) is 8.11. The minimum atomic E-state index is -0.778. The number of Topliss-reactive ketones (excluding diaryl/α,β-unsaturated/α-hetero) is 1. The summed E-state index contributed by atoms with van der Waals surface area (Å²) >= 11 is 1.63. The molecule has 0 radical (unpaired) electrons. The van der Waals surface area contributed by atoms with Crippen LogP contribution in [-0.2, 0) is 9.59 Å². The van der Waals surface area contributed by atoms with Gasteiger partial charge in [0.05, 0.1) is 18.7 Å². The van der Waals surface area contributed by atoms with Crippen molar-refractivity contribution in [2.75, 3.05) is 12.0 Å². The maximum Gasteiger partial charge on any atom is 0.294 e. The number of nitrogens with zero attached hydrogens (tertiary/aromatic N) is 1. The highest BCUT2D eigenvalue weighted by Gasteiger charge is 2.45. The third-order valence-corrected chi connectivity index (χ3v) is 6.44. The van der Waals surface area contributed by atoms with Crippen LogP contribution in [0.3, 0.4) is 0 Å². The van der Waals surface area contributed by atoms with Crippen LogP contribution in [0.15, 0.2) is 70.6 Å².